The first-order valence-corrected chi connectivity index (χ1v) is 6.63. The van der Waals surface area contributed by atoms with E-state index >= 15 is 0 Å². The molecule has 1 aromatic heterocycles. The van der Waals surface area contributed by atoms with Crippen LogP contribution in [-0.2, 0) is 11.3 Å². The molecule has 1 aliphatic carbocycles. The lowest BCUT2D eigenvalue weighted by molar-refractivity contribution is -0.124. The number of nitrogens with one attached hydrogen (secondary N) is 1. The molecule has 2 rings (SSSR count). The fraction of sp³-hybridized carbons (Fsp3) is 0.571. The number of nitrogens with zero attached hydrogens (tertiary/aromatic N) is 1. The minimum atomic E-state index is 0.0578. The van der Waals surface area contributed by atoms with Crippen LogP contribution in [0.4, 0.5) is 0 Å². The van der Waals surface area contributed by atoms with Crippen LogP contribution in [0.1, 0.15) is 31.2 Å². The molecule has 0 atom stereocenters. The molecule has 0 unspecified atom stereocenters. The van der Waals surface area contributed by atoms with Crippen LogP contribution in [0.2, 0.25) is 0 Å². The topological polar surface area (TPSA) is 77.2 Å². The zero-order chi connectivity index (χ0) is 13.7. The highest BCUT2D eigenvalue weighted by atomic mass is 16.5. The van der Waals surface area contributed by atoms with Crippen LogP contribution in [0.15, 0.2) is 18.3 Å². The van der Waals surface area contributed by atoms with Crippen LogP contribution in [0, 0.1) is 5.41 Å². The van der Waals surface area contributed by atoms with Crippen molar-refractivity contribution < 1.29 is 9.53 Å². The molecule has 0 aromatic carbocycles. The number of ether oxygens (including phenoxy) is 1. The molecule has 5 heteroatoms. The van der Waals surface area contributed by atoms with Crippen molar-refractivity contribution in [1.82, 2.24) is 10.3 Å². The van der Waals surface area contributed by atoms with Crippen LogP contribution in [0.25, 0.3) is 0 Å². The fourth-order valence-corrected chi connectivity index (χ4v) is 2.37. The monoisotopic (exact) mass is 263 g/mol. The van der Waals surface area contributed by atoms with E-state index in [1.54, 1.807) is 19.4 Å². The summed E-state index contributed by atoms with van der Waals surface area (Å²) in [4.78, 5) is 16.0. The smallest absolute Gasteiger partial charge is 0.220 e. The lowest BCUT2D eigenvalue weighted by Gasteiger charge is -2.40. The Morgan fingerprint density at radius 3 is 2.79 bits per heavy atom. The normalized spacial score (nSPS) is 16.5. The van der Waals surface area contributed by atoms with E-state index in [0.717, 1.165) is 18.4 Å². The Kier molecular flexibility index (Phi) is 4.37. The van der Waals surface area contributed by atoms with Crippen molar-refractivity contribution >= 4 is 5.91 Å². The quantitative estimate of drug-likeness (QED) is 0.809. The Balaban J connectivity index is 1.79. The van der Waals surface area contributed by atoms with Crippen LogP contribution >= 0.6 is 0 Å². The van der Waals surface area contributed by atoms with Crippen molar-refractivity contribution in [3.05, 3.63) is 23.9 Å². The molecule has 1 aliphatic rings. The number of amides is 1. The van der Waals surface area contributed by atoms with Crippen molar-refractivity contribution in [2.45, 2.75) is 32.2 Å². The number of carbonyl (C=O) groups excluding carboxylic acids is 1. The summed E-state index contributed by atoms with van der Waals surface area (Å²) in [7, 11) is 1.58. The molecule has 19 heavy (non-hydrogen) atoms. The average Bonchev–Trinajstić information content (AvgIpc) is 2.41. The van der Waals surface area contributed by atoms with Gasteiger partial charge in [0.05, 0.1) is 7.11 Å². The van der Waals surface area contributed by atoms with Crippen molar-refractivity contribution in [1.29, 1.82) is 0 Å². The van der Waals surface area contributed by atoms with E-state index < -0.39 is 0 Å². The third-order valence-electron chi connectivity index (χ3n) is 3.88. The molecule has 0 saturated heterocycles. The highest BCUT2D eigenvalue weighted by Gasteiger charge is 2.37. The van der Waals surface area contributed by atoms with Crippen LogP contribution in [0.3, 0.4) is 0 Å². The molecular formula is C14H21N3O2. The first kappa shape index (κ1) is 13.8. The second-order valence-electron chi connectivity index (χ2n) is 5.22. The van der Waals surface area contributed by atoms with Crippen LogP contribution < -0.4 is 15.8 Å². The summed E-state index contributed by atoms with van der Waals surface area (Å²) in [5, 5.41) is 2.92. The van der Waals surface area contributed by atoms with Gasteiger partial charge in [-0.05, 0) is 30.4 Å². The SMILES string of the molecule is COc1ccc(CNC(=O)CC2(CN)CCC2)cn1. The number of nitrogens with two attached hydrogens (primary N) is 1. The second kappa shape index (κ2) is 6.02. The Morgan fingerprint density at radius 2 is 2.32 bits per heavy atom. The number of aromatic nitrogens is 1. The van der Waals surface area contributed by atoms with Crippen molar-refractivity contribution in [3.8, 4) is 5.88 Å². The van der Waals surface area contributed by atoms with Crippen molar-refractivity contribution in [2.24, 2.45) is 11.1 Å². The van der Waals surface area contributed by atoms with Gasteiger partial charge in [0, 0.05) is 25.2 Å². The zero-order valence-corrected chi connectivity index (χ0v) is 11.3. The first-order valence-electron chi connectivity index (χ1n) is 6.63. The van der Waals surface area contributed by atoms with Crippen LogP contribution in [0.5, 0.6) is 5.88 Å². The van der Waals surface area contributed by atoms with Crippen molar-refractivity contribution in [3.63, 3.8) is 0 Å². The van der Waals surface area contributed by atoms with Gasteiger partial charge in [0.25, 0.3) is 0 Å². The maximum Gasteiger partial charge on any atom is 0.220 e. The molecule has 1 aromatic rings. The largest absolute Gasteiger partial charge is 0.481 e. The van der Waals surface area contributed by atoms with E-state index in [0.29, 0.717) is 25.4 Å². The maximum atomic E-state index is 11.9. The van der Waals surface area contributed by atoms with E-state index in [1.165, 1.54) is 6.42 Å². The molecule has 104 valence electrons. The minimum absolute atomic E-state index is 0.0578. The third kappa shape index (κ3) is 3.44. The van der Waals surface area contributed by atoms with Crippen molar-refractivity contribution in [2.75, 3.05) is 13.7 Å². The summed E-state index contributed by atoms with van der Waals surface area (Å²) in [6.45, 7) is 1.10. The molecule has 1 amide bonds. The fourth-order valence-electron chi connectivity index (χ4n) is 2.37. The molecule has 5 nitrogen and oxygen atoms in total. The molecule has 0 spiro atoms. The number of pyridine rings is 1. The van der Waals surface area contributed by atoms with Gasteiger partial charge in [-0.3, -0.25) is 4.79 Å². The van der Waals surface area contributed by atoms with Gasteiger partial charge < -0.3 is 15.8 Å². The lowest BCUT2D eigenvalue weighted by atomic mass is 9.66. The molecule has 0 bridgehead atoms. The van der Waals surface area contributed by atoms with Gasteiger partial charge in [-0.15, -0.1) is 0 Å². The molecular weight excluding hydrogens is 242 g/mol. The van der Waals surface area contributed by atoms with Crippen LogP contribution in [-0.4, -0.2) is 24.5 Å². The Hall–Kier alpha value is -1.62. The molecule has 3 N–H and O–H groups in total. The number of hydrogen-bond donors (Lipinski definition) is 2. The standard InChI is InChI=1S/C14H21N3O2/c1-19-13-4-3-11(9-17-13)8-16-12(18)7-14(10-15)5-2-6-14/h3-4,9H,2,5-8,10,15H2,1H3,(H,16,18). The Bertz CT molecular complexity index is 421. The number of carbonyl (C=O) groups is 1. The van der Waals surface area contributed by atoms with E-state index in [-0.39, 0.29) is 11.3 Å². The second-order valence-corrected chi connectivity index (χ2v) is 5.22. The average molecular weight is 263 g/mol. The summed E-state index contributed by atoms with van der Waals surface area (Å²) < 4.78 is 4.98. The Labute approximate surface area is 113 Å². The lowest BCUT2D eigenvalue weighted by Crippen LogP contribution is -2.41. The zero-order valence-electron chi connectivity index (χ0n) is 11.3. The van der Waals surface area contributed by atoms with Gasteiger partial charge in [-0.1, -0.05) is 12.5 Å². The summed E-state index contributed by atoms with van der Waals surface area (Å²) in [5.74, 6) is 0.646. The number of hydrogen-bond acceptors (Lipinski definition) is 4. The molecule has 0 radical (unpaired) electrons. The van der Waals surface area contributed by atoms with E-state index in [1.807, 2.05) is 6.07 Å². The summed E-state index contributed by atoms with van der Waals surface area (Å²) in [5.41, 5.74) is 6.77. The predicted molar refractivity (Wildman–Crippen MR) is 72.6 cm³/mol. The van der Waals surface area contributed by atoms with E-state index in [4.69, 9.17) is 10.5 Å². The van der Waals surface area contributed by atoms with Gasteiger partial charge in [0.1, 0.15) is 0 Å². The third-order valence-corrected chi connectivity index (χ3v) is 3.88. The minimum Gasteiger partial charge on any atom is -0.481 e. The maximum absolute atomic E-state index is 11.9. The highest BCUT2D eigenvalue weighted by molar-refractivity contribution is 5.76. The highest BCUT2D eigenvalue weighted by Crippen LogP contribution is 2.42. The van der Waals surface area contributed by atoms with Gasteiger partial charge >= 0.3 is 0 Å². The predicted octanol–water partition coefficient (Wildman–Crippen LogP) is 1.23. The molecule has 1 fully saturated rings. The van der Waals surface area contributed by atoms with Gasteiger partial charge in [-0.25, -0.2) is 4.98 Å². The summed E-state index contributed by atoms with van der Waals surface area (Å²) in [6, 6.07) is 3.68. The molecule has 1 heterocycles. The van der Waals surface area contributed by atoms with E-state index in [9.17, 15) is 4.79 Å². The molecule has 0 aliphatic heterocycles. The summed E-state index contributed by atoms with van der Waals surface area (Å²) >= 11 is 0. The van der Waals surface area contributed by atoms with Gasteiger partial charge in [-0.2, -0.15) is 0 Å². The van der Waals surface area contributed by atoms with Gasteiger partial charge in [0.15, 0.2) is 0 Å². The van der Waals surface area contributed by atoms with Gasteiger partial charge in [0.2, 0.25) is 11.8 Å². The van der Waals surface area contributed by atoms with E-state index in [2.05, 4.69) is 10.3 Å². The Morgan fingerprint density at radius 1 is 1.53 bits per heavy atom. The number of rotatable bonds is 6. The molecule has 1 saturated carbocycles. The number of methoxy groups -OCH3 is 1. The first-order chi connectivity index (χ1) is 9.17. The summed E-state index contributed by atoms with van der Waals surface area (Å²) in [6.07, 6.45) is 5.57.